The van der Waals surface area contributed by atoms with E-state index in [1.807, 2.05) is 37.6 Å². The highest BCUT2D eigenvalue weighted by Crippen LogP contribution is 2.27. The van der Waals surface area contributed by atoms with Gasteiger partial charge in [0.2, 0.25) is 0 Å². The minimum absolute atomic E-state index is 0.675. The van der Waals surface area contributed by atoms with E-state index >= 15 is 0 Å². The molecule has 32 heavy (non-hydrogen) atoms. The molecule has 156 valence electrons. The van der Waals surface area contributed by atoms with Crippen LogP contribution < -0.4 is 5.32 Å². The minimum Gasteiger partial charge on any atom is -0.365 e. The van der Waals surface area contributed by atoms with Gasteiger partial charge in [-0.2, -0.15) is 0 Å². The molecule has 0 aliphatic heterocycles. The number of pyridine rings is 3. The SMILES string of the molecule is Cc1cc(-c2ccc(CNc3nccc4cc(-c5cnccn5)ncc34)cc2C)ccn1. The van der Waals surface area contributed by atoms with Crippen molar-refractivity contribution >= 4 is 16.6 Å². The lowest BCUT2D eigenvalue weighted by Crippen LogP contribution is -2.03. The standard InChI is InChI=1S/C26H22N6/c1-17-11-19(3-4-22(17)20-5-7-28-18(2)12-20)14-32-26-23-15-31-24(13-21(23)6-8-30-26)25-16-27-9-10-29-25/h3-13,15-16H,14H2,1-2H3,(H,30,32). The number of fused-ring (bicyclic) bond motifs is 1. The molecule has 0 saturated carbocycles. The molecule has 0 bridgehead atoms. The summed E-state index contributed by atoms with van der Waals surface area (Å²) < 4.78 is 0. The number of hydrogen-bond donors (Lipinski definition) is 1. The molecule has 5 aromatic rings. The van der Waals surface area contributed by atoms with E-state index in [1.165, 1.54) is 22.3 Å². The second kappa shape index (κ2) is 8.51. The van der Waals surface area contributed by atoms with Crippen molar-refractivity contribution in [3.8, 4) is 22.5 Å². The molecule has 0 fully saturated rings. The topological polar surface area (TPSA) is 76.5 Å². The summed E-state index contributed by atoms with van der Waals surface area (Å²) in [6.45, 7) is 4.83. The van der Waals surface area contributed by atoms with Gasteiger partial charge in [0.15, 0.2) is 0 Å². The fourth-order valence-corrected chi connectivity index (χ4v) is 3.84. The number of nitrogens with one attached hydrogen (secondary N) is 1. The van der Waals surface area contributed by atoms with Crippen LogP contribution in [-0.2, 0) is 6.54 Å². The smallest absolute Gasteiger partial charge is 0.135 e. The lowest BCUT2D eigenvalue weighted by molar-refractivity contribution is 1.11. The molecule has 0 aliphatic carbocycles. The highest BCUT2D eigenvalue weighted by molar-refractivity contribution is 5.92. The van der Waals surface area contributed by atoms with Crippen molar-refractivity contribution in [2.75, 3.05) is 5.32 Å². The third kappa shape index (κ3) is 4.03. The summed E-state index contributed by atoms with van der Waals surface area (Å²) >= 11 is 0. The molecule has 0 radical (unpaired) electrons. The van der Waals surface area contributed by atoms with Gasteiger partial charge in [0.05, 0.1) is 11.9 Å². The molecular formula is C26H22N6. The maximum Gasteiger partial charge on any atom is 0.135 e. The third-order valence-electron chi connectivity index (χ3n) is 5.43. The van der Waals surface area contributed by atoms with E-state index in [9.17, 15) is 0 Å². The fourth-order valence-electron chi connectivity index (χ4n) is 3.84. The molecular weight excluding hydrogens is 396 g/mol. The molecule has 6 nitrogen and oxygen atoms in total. The number of nitrogens with zero attached hydrogens (tertiary/aromatic N) is 5. The third-order valence-corrected chi connectivity index (χ3v) is 5.43. The molecule has 6 heteroatoms. The Labute approximate surface area is 186 Å². The van der Waals surface area contributed by atoms with Crippen molar-refractivity contribution < 1.29 is 0 Å². The van der Waals surface area contributed by atoms with Gasteiger partial charge in [-0.1, -0.05) is 18.2 Å². The highest BCUT2D eigenvalue weighted by Gasteiger charge is 2.08. The molecule has 4 heterocycles. The van der Waals surface area contributed by atoms with Gasteiger partial charge in [-0.3, -0.25) is 19.9 Å². The zero-order valence-corrected chi connectivity index (χ0v) is 17.9. The first kappa shape index (κ1) is 19.8. The molecule has 1 aromatic carbocycles. The quantitative estimate of drug-likeness (QED) is 0.413. The lowest BCUT2D eigenvalue weighted by Gasteiger charge is -2.12. The van der Waals surface area contributed by atoms with E-state index in [0.717, 1.165) is 33.7 Å². The van der Waals surface area contributed by atoms with E-state index in [1.54, 1.807) is 18.6 Å². The Bertz CT molecular complexity index is 1400. The number of anilines is 1. The summed E-state index contributed by atoms with van der Waals surface area (Å²) in [6, 6.07) is 14.7. The first-order valence-electron chi connectivity index (χ1n) is 10.4. The van der Waals surface area contributed by atoms with Crippen LogP contribution in [-0.4, -0.2) is 24.9 Å². The number of benzene rings is 1. The zero-order chi connectivity index (χ0) is 21.9. The molecule has 0 spiro atoms. The van der Waals surface area contributed by atoms with Crippen LogP contribution in [0.1, 0.15) is 16.8 Å². The van der Waals surface area contributed by atoms with Gasteiger partial charge in [0.1, 0.15) is 11.5 Å². The Morgan fingerprint density at radius 2 is 1.66 bits per heavy atom. The van der Waals surface area contributed by atoms with Crippen LogP contribution in [0.15, 0.2) is 79.6 Å². The van der Waals surface area contributed by atoms with Gasteiger partial charge in [-0.05, 0) is 65.8 Å². The monoisotopic (exact) mass is 418 g/mol. The van der Waals surface area contributed by atoms with E-state index in [-0.39, 0.29) is 0 Å². The first-order chi connectivity index (χ1) is 15.7. The normalized spacial score (nSPS) is 10.9. The average molecular weight is 419 g/mol. The van der Waals surface area contributed by atoms with Crippen molar-refractivity contribution in [1.82, 2.24) is 24.9 Å². The molecule has 0 atom stereocenters. The van der Waals surface area contributed by atoms with Gasteiger partial charge in [0, 0.05) is 48.6 Å². The van der Waals surface area contributed by atoms with Crippen LogP contribution in [0.2, 0.25) is 0 Å². The maximum atomic E-state index is 4.57. The van der Waals surface area contributed by atoms with Crippen molar-refractivity contribution in [1.29, 1.82) is 0 Å². The minimum atomic E-state index is 0.675. The highest BCUT2D eigenvalue weighted by atomic mass is 15.0. The van der Waals surface area contributed by atoms with E-state index in [2.05, 4.69) is 67.5 Å². The van der Waals surface area contributed by atoms with Crippen LogP contribution in [0.5, 0.6) is 0 Å². The van der Waals surface area contributed by atoms with Crippen molar-refractivity contribution in [3.05, 3.63) is 96.5 Å². The van der Waals surface area contributed by atoms with E-state index in [4.69, 9.17) is 0 Å². The maximum absolute atomic E-state index is 4.57. The van der Waals surface area contributed by atoms with Gasteiger partial charge in [-0.15, -0.1) is 0 Å². The van der Waals surface area contributed by atoms with Gasteiger partial charge < -0.3 is 5.32 Å². The van der Waals surface area contributed by atoms with Crippen LogP contribution in [0.3, 0.4) is 0 Å². The Balaban J connectivity index is 1.38. The fraction of sp³-hybridized carbons (Fsp3) is 0.115. The van der Waals surface area contributed by atoms with Crippen LogP contribution >= 0.6 is 0 Å². The first-order valence-corrected chi connectivity index (χ1v) is 10.4. The Morgan fingerprint density at radius 1 is 0.750 bits per heavy atom. The van der Waals surface area contributed by atoms with Crippen LogP contribution in [0, 0.1) is 13.8 Å². The summed E-state index contributed by atoms with van der Waals surface area (Å²) in [7, 11) is 0. The second-order valence-corrected chi connectivity index (χ2v) is 7.73. The predicted molar refractivity (Wildman–Crippen MR) is 127 cm³/mol. The largest absolute Gasteiger partial charge is 0.365 e. The number of hydrogen-bond acceptors (Lipinski definition) is 6. The molecule has 5 rings (SSSR count). The number of rotatable bonds is 5. The van der Waals surface area contributed by atoms with E-state index in [0.29, 0.717) is 6.54 Å². The summed E-state index contributed by atoms with van der Waals surface area (Å²) in [5.41, 5.74) is 7.40. The Hall–Kier alpha value is -4.19. The van der Waals surface area contributed by atoms with Crippen molar-refractivity contribution in [3.63, 3.8) is 0 Å². The molecule has 0 saturated heterocycles. The second-order valence-electron chi connectivity index (χ2n) is 7.73. The zero-order valence-electron chi connectivity index (χ0n) is 17.9. The van der Waals surface area contributed by atoms with Crippen molar-refractivity contribution in [2.45, 2.75) is 20.4 Å². The number of aromatic nitrogens is 5. The Morgan fingerprint density at radius 3 is 2.47 bits per heavy atom. The van der Waals surface area contributed by atoms with Gasteiger partial charge >= 0.3 is 0 Å². The van der Waals surface area contributed by atoms with Crippen LogP contribution in [0.4, 0.5) is 5.82 Å². The molecule has 0 amide bonds. The average Bonchev–Trinajstić information content (AvgIpc) is 2.83. The summed E-state index contributed by atoms with van der Waals surface area (Å²) in [6.07, 6.45) is 10.6. The summed E-state index contributed by atoms with van der Waals surface area (Å²) in [5.74, 6) is 0.812. The summed E-state index contributed by atoms with van der Waals surface area (Å²) in [5, 5.41) is 5.50. The summed E-state index contributed by atoms with van der Waals surface area (Å²) in [4.78, 5) is 21.9. The van der Waals surface area contributed by atoms with Crippen molar-refractivity contribution in [2.24, 2.45) is 0 Å². The predicted octanol–water partition coefficient (Wildman–Crippen LogP) is 5.38. The molecule has 4 aromatic heterocycles. The number of aryl methyl sites for hydroxylation is 2. The molecule has 0 aliphatic rings. The van der Waals surface area contributed by atoms with E-state index < -0.39 is 0 Å². The van der Waals surface area contributed by atoms with Crippen LogP contribution in [0.25, 0.3) is 33.3 Å². The Kier molecular flexibility index (Phi) is 5.25. The van der Waals surface area contributed by atoms with Gasteiger partial charge in [-0.25, -0.2) is 4.98 Å². The van der Waals surface area contributed by atoms with Gasteiger partial charge in [0.25, 0.3) is 0 Å². The molecule has 0 unspecified atom stereocenters. The molecule has 1 N–H and O–H groups in total. The lowest BCUT2D eigenvalue weighted by atomic mass is 9.98.